The van der Waals surface area contributed by atoms with Crippen LogP contribution in [0.4, 0.5) is 13.6 Å². The van der Waals surface area contributed by atoms with E-state index in [0.29, 0.717) is 18.7 Å². The Kier molecular flexibility index (Phi) is 4.70. The number of ether oxygens (including phenoxy) is 1. The van der Waals surface area contributed by atoms with Gasteiger partial charge < -0.3 is 24.6 Å². The molecule has 1 amide bonds. The Hall–Kier alpha value is -2.68. The smallest absolute Gasteiger partial charge is 0.407 e. The number of benzene rings is 1. The number of nitrogens with zero attached hydrogens (tertiary/aromatic N) is 2. The highest BCUT2D eigenvalue weighted by Gasteiger charge is 2.27. The molecule has 1 aromatic carbocycles. The van der Waals surface area contributed by atoms with E-state index in [4.69, 9.17) is 9.84 Å². The van der Waals surface area contributed by atoms with Gasteiger partial charge in [-0.1, -0.05) is 0 Å². The van der Waals surface area contributed by atoms with E-state index >= 15 is 0 Å². The maximum atomic E-state index is 14.1. The maximum absolute atomic E-state index is 14.1. The number of carbonyl (C=O) groups is 1. The lowest BCUT2D eigenvalue weighted by molar-refractivity contribution is 0.126. The van der Waals surface area contributed by atoms with Gasteiger partial charge in [-0.3, -0.25) is 4.79 Å². The zero-order valence-corrected chi connectivity index (χ0v) is 15.4. The van der Waals surface area contributed by atoms with Crippen LogP contribution in [0.1, 0.15) is 31.4 Å². The summed E-state index contributed by atoms with van der Waals surface area (Å²) in [7, 11) is 0. The number of pyridine rings is 1. The molecule has 7 nitrogen and oxygen atoms in total. The van der Waals surface area contributed by atoms with E-state index in [9.17, 15) is 18.4 Å². The van der Waals surface area contributed by atoms with E-state index in [2.05, 4.69) is 5.32 Å². The first-order chi connectivity index (χ1) is 13.4. The SMILES string of the molecule is CC1COc2c(F)c(F)cc3c(=O)c(CN[C@H]4CCCN(C(=O)O)C4)cn1c23. The Morgan fingerprint density at radius 2 is 2.21 bits per heavy atom. The van der Waals surface area contributed by atoms with Crippen molar-refractivity contribution in [2.75, 3.05) is 19.7 Å². The van der Waals surface area contributed by atoms with E-state index in [1.807, 2.05) is 6.92 Å². The van der Waals surface area contributed by atoms with Crippen LogP contribution in [0.3, 0.4) is 0 Å². The number of hydrogen-bond donors (Lipinski definition) is 2. The molecule has 2 aliphatic heterocycles. The van der Waals surface area contributed by atoms with Crippen LogP contribution in [0.15, 0.2) is 17.1 Å². The molecule has 0 radical (unpaired) electrons. The van der Waals surface area contributed by atoms with Gasteiger partial charge in [0.05, 0.1) is 16.9 Å². The van der Waals surface area contributed by atoms with Crippen molar-refractivity contribution in [3.63, 3.8) is 0 Å². The lowest BCUT2D eigenvalue weighted by Crippen LogP contribution is -2.47. The van der Waals surface area contributed by atoms with Crippen molar-refractivity contribution in [2.24, 2.45) is 0 Å². The van der Waals surface area contributed by atoms with Crippen molar-refractivity contribution >= 4 is 17.0 Å². The van der Waals surface area contributed by atoms with Crippen LogP contribution in [0.5, 0.6) is 5.75 Å². The summed E-state index contributed by atoms with van der Waals surface area (Å²) in [6.07, 6.45) is 2.25. The quantitative estimate of drug-likeness (QED) is 0.837. The summed E-state index contributed by atoms with van der Waals surface area (Å²) in [6.45, 7) is 3.12. The van der Waals surface area contributed by atoms with Gasteiger partial charge >= 0.3 is 6.09 Å². The highest BCUT2D eigenvalue weighted by Crippen LogP contribution is 2.35. The minimum absolute atomic E-state index is 0.0671. The van der Waals surface area contributed by atoms with Crippen LogP contribution < -0.4 is 15.5 Å². The van der Waals surface area contributed by atoms with Crippen LogP contribution in [0, 0.1) is 11.6 Å². The molecule has 0 bridgehead atoms. The normalized spacial score (nSPS) is 21.6. The molecule has 2 atom stereocenters. The Bertz CT molecular complexity index is 1010. The van der Waals surface area contributed by atoms with Gasteiger partial charge in [0.25, 0.3) is 0 Å². The molecular weight excluding hydrogens is 372 g/mol. The molecule has 28 heavy (non-hydrogen) atoms. The fraction of sp³-hybridized carbons (Fsp3) is 0.474. The lowest BCUT2D eigenvalue weighted by Gasteiger charge is -2.31. The van der Waals surface area contributed by atoms with Gasteiger partial charge in [-0.2, -0.15) is 4.39 Å². The summed E-state index contributed by atoms with van der Waals surface area (Å²) >= 11 is 0. The second-order valence-corrected chi connectivity index (χ2v) is 7.40. The molecule has 0 spiro atoms. The predicted molar refractivity (Wildman–Crippen MR) is 97.8 cm³/mol. The Morgan fingerprint density at radius 1 is 1.43 bits per heavy atom. The van der Waals surface area contributed by atoms with Gasteiger partial charge in [-0.05, 0) is 25.8 Å². The number of halogens is 2. The Labute approximate surface area is 159 Å². The van der Waals surface area contributed by atoms with E-state index < -0.39 is 17.7 Å². The van der Waals surface area contributed by atoms with Gasteiger partial charge in [0.2, 0.25) is 5.82 Å². The third-order valence-corrected chi connectivity index (χ3v) is 5.46. The third kappa shape index (κ3) is 3.09. The molecule has 2 aliphatic rings. The third-order valence-electron chi connectivity index (χ3n) is 5.46. The summed E-state index contributed by atoms with van der Waals surface area (Å²) in [6, 6.07) is 0.712. The van der Waals surface area contributed by atoms with Crippen LogP contribution in [-0.2, 0) is 6.54 Å². The summed E-state index contributed by atoms with van der Waals surface area (Å²) in [5, 5.41) is 12.5. The van der Waals surface area contributed by atoms with Crippen LogP contribution in [0.2, 0.25) is 0 Å². The van der Waals surface area contributed by atoms with E-state index in [-0.39, 0.29) is 47.3 Å². The Balaban J connectivity index is 1.67. The monoisotopic (exact) mass is 393 g/mol. The number of aromatic nitrogens is 1. The second-order valence-electron chi connectivity index (χ2n) is 7.40. The molecule has 1 saturated heterocycles. The molecule has 2 N–H and O–H groups in total. The van der Waals surface area contributed by atoms with Crippen molar-refractivity contribution in [3.05, 3.63) is 39.7 Å². The van der Waals surface area contributed by atoms with Crippen molar-refractivity contribution in [1.82, 2.24) is 14.8 Å². The summed E-state index contributed by atoms with van der Waals surface area (Å²) in [5.74, 6) is -2.43. The largest absolute Gasteiger partial charge is 0.486 e. The molecule has 1 aromatic heterocycles. The molecule has 0 saturated carbocycles. The number of hydrogen-bond acceptors (Lipinski definition) is 4. The fourth-order valence-electron chi connectivity index (χ4n) is 3.95. The molecule has 2 aromatic rings. The molecule has 9 heteroatoms. The van der Waals surface area contributed by atoms with Gasteiger partial charge in [0.1, 0.15) is 6.61 Å². The molecule has 0 aliphatic carbocycles. The van der Waals surface area contributed by atoms with Gasteiger partial charge in [-0.15, -0.1) is 0 Å². The standard InChI is InChI=1S/C19H21F2N3O4/c1-10-9-28-18-15(21)14(20)5-13-16(18)24(10)7-11(17(13)25)6-22-12-3-2-4-23(8-12)19(26)27/h5,7,10,12,22H,2-4,6,8-9H2,1H3,(H,26,27)/t10?,12-/m0/s1. The van der Waals surface area contributed by atoms with E-state index in [1.54, 1.807) is 10.8 Å². The molecule has 1 unspecified atom stereocenters. The number of carboxylic acid groups (broad SMARTS) is 1. The van der Waals surface area contributed by atoms with Crippen molar-refractivity contribution in [3.8, 4) is 5.75 Å². The maximum Gasteiger partial charge on any atom is 0.407 e. The zero-order chi connectivity index (χ0) is 20.0. The summed E-state index contributed by atoms with van der Waals surface area (Å²) in [4.78, 5) is 25.4. The predicted octanol–water partition coefficient (Wildman–Crippen LogP) is 2.47. The highest BCUT2D eigenvalue weighted by atomic mass is 19.2. The van der Waals surface area contributed by atoms with Crippen LogP contribution in [0.25, 0.3) is 10.9 Å². The molecule has 3 heterocycles. The molecule has 150 valence electrons. The minimum atomic E-state index is -1.12. The number of amides is 1. The number of piperidine rings is 1. The summed E-state index contributed by atoms with van der Waals surface area (Å²) < 4.78 is 35.2. The van der Waals surface area contributed by atoms with Crippen molar-refractivity contribution in [2.45, 2.75) is 38.4 Å². The van der Waals surface area contributed by atoms with Gasteiger partial charge in [-0.25, -0.2) is 9.18 Å². The molecule has 1 fully saturated rings. The van der Waals surface area contributed by atoms with Gasteiger partial charge in [0.15, 0.2) is 17.0 Å². The first-order valence-electron chi connectivity index (χ1n) is 9.26. The minimum Gasteiger partial charge on any atom is -0.486 e. The number of likely N-dealkylation sites (tertiary alicyclic amines) is 1. The van der Waals surface area contributed by atoms with Crippen LogP contribution in [-0.4, -0.2) is 46.4 Å². The van der Waals surface area contributed by atoms with E-state index in [1.165, 1.54) is 4.90 Å². The average molecular weight is 393 g/mol. The topological polar surface area (TPSA) is 83.8 Å². The Morgan fingerprint density at radius 3 is 2.96 bits per heavy atom. The molecule has 4 rings (SSSR count). The second kappa shape index (κ2) is 7.05. The zero-order valence-electron chi connectivity index (χ0n) is 15.4. The average Bonchev–Trinajstić information content (AvgIpc) is 2.68. The van der Waals surface area contributed by atoms with Crippen molar-refractivity contribution < 1.29 is 23.4 Å². The van der Waals surface area contributed by atoms with Crippen LogP contribution >= 0.6 is 0 Å². The fourth-order valence-corrected chi connectivity index (χ4v) is 3.95. The van der Waals surface area contributed by atoms with E-state index in [0.717, 1.165) is 18.9 Å². The first-order valence-corrected chi connectivity index (χ1v) is 9.26. The number of nitrogens with one attached hydrogen (secondary N) is 1. The highest BCUT2D eigenvalue weighted by molar-refractivity contribution is 5.86. The number of rotatable bonds is 3. The first kappa shape index (κ1) is 18.7. The molecular formula is C19H21F2N3O4. The van der Waals surface area contributed by atoms with Gasteiger partial charge in [0, 0.05) is 37.4 Å². The summed E-state index contributed by atoms with van der Waals surface area (Å²) in [5.41, 5.74) is 0.300. The lowest BCUT2D eigenvalue weighted by atomic mass is 10.0. The van der Waals surface area contributed by atoms with Crippen molar-refractivity contribution in [1.29, 1.82) is 0 Å².